The summed E-state index contributed by atoms with van der Waals surface area (Å²) < 4.78 is 5.50. The number of aryl methyl sites for hydroxylation is 1. The molecule has 2 aliphatic rings. The molecule has 0 saturated carbocycles. The summed E-state index contributed by atoms with van der Waals surface area (Å²) in [5, 5.41) is 8.05. The molecule has 2 saturated heterocycles. The molecular formula is C25H29N7O. The van der Waals surface area contributed by atoms with E-state index in [1.165, 1.54) is 29.4 Å². The topological polar surface area (TPSA) is 91.0 Å². The molecule has 2 fully saturated rings. The number of methoxy groups -OCH3 is 1. The number of nitrogens with one attached hydrogen (secondary N) is 3. The van der Waals surface area contributed by atoms with Crippen LogP contribution < -0.4 is 20.3 Å². The third-order valence-electron chi connectivity index (χ3n) is 7.30. The number of anilines is 2. The minimum Gasteiger partial charge on any atom is -0.495 e. The van der Waals surface area contributed by atoms with Gasteiger partial charge in [-0.3, -0.25) is 0 Å². The SMILES string of the molecule is COc1ccc(CNc2cnc3ccc(N4CCC5(CC4)CNC5)nc3n2)c2c(C)c[nH]c12. The number of fused-ring (bicyclic) bond motifs is 2. The van der Waals surface area contributed by atoms with Crippen LogP contribution in [-0.4, -0.2) is 53.2 Å². The van der Waals surface area contributed by atoms with Gasteiger partial charge in [-0.15, -0.1) is 0 Å². The Bertz CT molecular complexity index is 1320. The summed E-state index contributed by atoms with van der Waals surface area (Å²) in [5.41, 5.74) is 5.41. The van der Waals surface area contributed by atoms with Crippen LogP contribution in [0.3, 0.4) is 0 Å². The summed E-state index contributed by atoms with van der Waals surface area (Å²) in [6.07, 6.45) is 6.24. The number of aromatic amines is 1. The zero-order chi connectivity index (χ0) is 22.4. The molecule has 8 nitrogen and oxygen atoms in total. The molecule has 0 bridgehead atoms. The van der Waals surface area contributed by atoms with Crippen molar-refractivity contribution in [3.05, 3.63) is 47.8 Å². The predicted octanol–water partition coefficient (Wildman–Crippen LogP) is 3.63. The van der Waals surface area contributed by atoms with Crippen LogP contribution in [0.15, 0.2) is 36.7 Å². The molecular weight excluding hydrogens is 414 g/mol. The largest absolute Gasteiger partial charge is 0.495 e. The summed E-state index contributed by atoms with van der Waals surface area (Å²) in [5.74, 6) is 2.57. The average molecular weight is 444 g/mol. The lowest BCUT2D eigenvalue weighted by molar-refractivity contribution is 0.126. The number of benzene rings is 1. The van der Waals surface area contributed by atoms with Crippen molar-refractivity contribution in [2.24, 2.45) is 5.41 Å². The molecule has 8 heteroatoms. The first-order valence-corrected chi connectivity index (χ1v) is 11.6. The third kappa shape index (κ3) is 3.54. The molecule has 0 atom stereocenters. The van der Waals surface area contributed by atoms with E-state index in [9.17, 15) is 0 Å². The monoisotopic (exact) mass is 443 g/mol. The Hall–Kier alpha value is -3.39. The zero-order valence-corrected chi connectivity index (χ0v) is 19.1. The molecule has 0 radical (unpaired) electrons. The number of hydrogen-bond donors (Lipinski definition) is 3. The lowest BCUT2D eigenvalue weighted by Gasteiger charge is -2.48. The number of H-pyrrole nitrogens is 1. The van der Waals surface area contributed by atoms with Crippen molar-refractivity contribution in [1.82, 2.24) is 25.3 Å². The molecule has 1 spiro atoms. The minimum atomic E-state index is 0.523. The van der Waals surface area contributed by atoms with Crippen LogP contribution in [0.1, 0.15) is 24.0 Å². The van der Waals surface area contributed by atoms with Crippen molar-refractivity contribution >= 4 is 33.7 Å². The second-order valence-electron chi connectivity index (χ2n) is 9.36. The van der Waals surface area contributed by atoms with Gasteiger partial charge in [-0.25, -0.2) is 15.0 Å². The molecule has 5 heterocycles. The van der Waals surface area contributed by atoms with Crippen LogP contribution in [0, 0.1) is 12.3 Å². The lowest BCUT2D eigenvalue weighted by Crippen LogP contribution is -2.58. The van der Waals surface area contributed by atoms with Crippen molar-refractivity contribution in [1.29, 1.82) is 0 Å². The van der Waals surface area contributed by atoms with Crippen LogP contribution in [0.4, 0.5) is 11.6 Å². The molecule has 3 aromatic heterocycles. The Kier molecular flexibility index (Phi) is 4.83. The molecule has 6 rings (SSSR count). The van der Waals surface area contributed by atoms with Crippen molar-refractivity contribution in [2.75, 3.05) is 43.5 Å². The van der Waals surface area contributed by atoms with E-state index in [2.05, 4.69) is 44.6 Å². The van der Waals surface area contributed by atoms with Crippen LogP contribution in [-0.2, 0) is 6.54 Å². The van der Waals surface area contributed by atoms with Crippen LogP contribution in [0.5, 0.6) is 5.75 Å². The highest BCUT2D eigenvalue weighted by atomic mass is 16.5. The summed E-state index contributed by atoms with van der Waals surface area (Å²) >= 11 is 0. The van der Waals surface area contributed by atoms with Crippen molar-refractivity contribution in [2.45, 2.75) is 26.3 Å². The Morgan fingerprint density at radius 1 is 1.12 bits per heavy atom. The normalized spacial score (nSPS) is 17.5. The van der Waals surface area contributed by atoms with Crippen molar-refractivity contribution in [3.63, 3.8) is 0 Å². The Balaban J connectivity index is 1.22. The van der Waals surface area contributed by atoms with Gasteiger partial charge in [-0.1, -0.05) is 6.07 Å². The van der Waals surface area contributed by atoms with Crippen LogP contribution in [0.2, 0.25) is 0 Å². The van der Waals surface area contributed by atoms with Crippen molar-refractivity contribution in [3.8, 4) is 5.75 Å². The number of nitrogens with zero attached hydrogens (tertiary/aromatic N) is 4. The molecule has 3 N–H and O–H groups in total. The van der Waals surface area contributed by atoms with Crippen molar-refractivity contribution < 1.29 is 4.74 Å². The van der Waals surface area contributed by atoms with Gasteiger partial charge < -0.3 is 25.3 Å². The number of pyridine rings is 1. The van der Waals surface area contributed by atoms with Gasteiger partial charge in [-0.2, -0.15) is 0 Å². The Morgan fingerprint density at radius 2 is 1.97 bits per heavy atom. The van der Waals surface area contributed by atoms with Gasteiger partial charge in [0.15, 0.2) is 5.65 Å². The summed E-state index contributed by atoms with van der Waals surface area (Å²) in [7, 11) is 1.70. The number of hydrogen-bond acceptors (Lipinski definition) is 7. The first-order chi connectivity index (χ1) is 16.1. The van der Waals surface area contributed by atoms with E-state index in [1.54, 1.807) is 13.3 Å². The fourth-order valence-electron chi connectivity index (χ4n) is 5.17. The average Bonchev–Trinajstić information content (AvgIpc) is 3.23. The molecule has 1 aromatic carbocycles. The molecule has 4 aromatic rings. The first kappa shape index (κ1) is 20.2. The van der Waals surface area contributed by atoms with E-state index in [-0.39, 0.29) is 0 Å². The van der Waals surface area contributed by atoms with E-state index < -0.39 is 0 Å². The smallest absolute Gasteiger partial charge is 0.182 e. The van der Waals surface area contributed by atoms with Gasteiger partial charge in [0.25, 0.3) is 0 Å². The van der Waals surface area contributed by atoms with Gasteiger partial charge in [0, 0.05) is 44.3 Å². The summed E-state index contributed by atoms with van der Waals surface area (Å²) in [6, 6.07) is 8.20. The number of aromatic nitrogens is 4. The molecule has 2 aliphatic heterocycles. The predicted molar refractivity (Wildman–Crippen MR) is 131 cm³/mol. The van der Waals surface area contributed by atoms with E-state index in [0.717, 1.165) is 54.6 Å². The van der Waals surface area contributed by atoms with Crippen LogP contribution in [0.25, 0.3) is 22.1 Å². The second kappa shape index (κ2) is 7.88. The van der Waals surface area contributed by atoms with Gasteiger partial charge in [0.2, 0.25) is 0 Å². The van der Waals surface area contributed by atoms with Gasteiger partial charge >= 0.3 is 0 Å². The highest BCUT2D eigenvalue weighted by molar-refractivity contribution is 5.91. The molecule has 170 valence electrons. The van der Waals surface area contributed by atoms with Gasteiger partial charge in [-0.05, 0) is 54.5 Å². The quantitative estimate of drug-likeness (QED) is 0.434. The zero-order valence-electron chi connectivity index (χ0n) is 19.1. The van der Waals surface area contributed by atoms with E-state index in [1.807, 2.05) is 18.3 Å². The number of ether oxygens (including phenoxy) is 1. The fraction of sp³-hybridized carbons (Fsp3) is 0.400. The summed E-state index contributed by atoms with van der Waals surface area (Å²) in [4.78, 5) is 19.9. The summed E-state index contributed by atoms with van der Waals surface area (Å²) in [6.45, 7) is 7.17. The lowest BCUT2D eigenvalue weighted by atomic mass is 9.73. The number of piperidine rings is 1. The maximum Gasteiger partial charge on any atom is 0.182 e. The third-order valence-corrected chi connectivity index (χ3v) is 7.30. The second-order valence-corrected chi connectivity index (χ2v) is 9.36. The van der Waals surface area contributed by atoms with E-state index >= 15 is 0 Å². The Labute approximate surface area is 192 Å². The fourth-order valence-corrected chi connectivity index (χ4v) is 5.17. The van der Waals surface area contributed by atoms with Gasteiger partial charge in [0.05, 0.1) is 18.8 Å². The highest BCUT2D eigenvalue weighted by Crippen LogP contribution is 2.36. The van der Waals surface area contributed by atoms with Gasteiger partial charge in [0.1, 0.15) is 22.9 Å². The molecule has 0 unspecified atom stereocenters. The molecule has 0 aliphatic carbocycles. The maximum atomic E-state index is 5.50. The number of rotatable bonds is 5. The molecule has 33 heavy (non-hydrogen) atoms. The Morgan fingerprint density at radius 3 is 2.73 bits per heavy atom. The standard InChI is InChI=1S/C25H29N7O/c1-16-11-29-23-19(33-2)5-3-17(22(16)23)12-28-20-13-27-18-4-6-21(31-24(18)30-20)32-9-7-25(8-10-32)14-26-15-25/h3-6,11,13,26,29H,7-10,12,14-15H2,1-2H3,(H,28,30,31). The molecule has 0 amide bonds. The van der Waals surface area contributed by atoms with E-state index in [4.69, 9.17) is 14.7 Å². The first-order valence-electron chi connectivity index (χ1n) is 11.6. The highest BCUT2D eigenvalue weighted by Gasteiger charge is 2.39. The maximum absolute atomic E-state index is 5.50. The minimum absolute atomic E-state index is 0.523. The van der Waals surface area contributed by atoms with Crippen LogP contribution >= 0.6 is 0 Å². The van der Waals surface area contributed by atoms with E-state index in [0.29, 0.717) is 17.6 Å².